The molecule has 2 aromatic rings. The van der Waals surface area contributed by atoms with E-state index < -0.39 is 29.0 Å². The third-order valence-electron chi connectivity index (χ3n) is 9.02. The molecule has 0 bridgehead atoms. The van der Waals surface area contributed by atoms with Crippen LogP contribution < -0.4 is 15.4 Å². The fourth-order valence-electron chi connectivity index (χ4n) is 6.62. The van der Waals surface area contributed by atoms with E-state index in [-0.39, 0.29) is 42.0 Å². The normalized spacial score (nSPS) is 24.9. The van der Waals surface area contributed by atoms with Crippen molar-refractivity contribution < 1.29 is 27.1 Å². The molecule has 0 saturated carbocycles. The number of hydrogen-bond acceptors (Lipinski definition) is 7. The Morgan fingerprint density at radius 2 is 1.95 bits per heavy atom. The molecule has 5 rings (SSSR count). The summed E-state index contributed by atoms with van der Waals surface area (Å²) in [4.78, 5) is 27.9. The Balaban J connectivity index is 1.54. The molecule has 8 nitrogen and oxygen atoms in total. The average Bonchev–Trinajstić information content (AvgIpc) is 3.36. The van der Waals surface area contributed by atoms with Gasteiger partial charge in [-0.1, -0.05) is 13.5 Å². The largest absolute Gasteiger partial charge is 0.462 e. The second-order valence-corrected chi connectivity index (χ2v) is 11.8. The Labute approximate surface area is 243 Å². The average molecular weight is 591 g/mol. The van der Waals surface area contributed by atoms with Crippen LogP contribution in [0.1, 0.15) is 55.0 Å². The molecule has 3 heterocycles. The van der Waals surface area contributed by atoms with Gasteiger partial charge in [0.2, 0.25) is 5.91 Å². The molecule has 1 aromatic carbocycles. The van der Waals surface area contributed by atoms with Gasteiger partial charge < -0.3 is 25.2 Å². The van der Waals surface area contributed by atoms with E-state index >= 15 is 4.39 Å². The molecule has 0 radical (unpaired) electrons. The van der Waals surface area contributed by atoms with Gasteiger partial charge in [0.15, 0.2) is 0 Å². The maximum Gasteiger partial charge on any atom is 0.416 e. The topological polar surface area (TPSA) is 87.8 Å². The molecule has 1 amide bonds. The number of carbonyl (C=O) groups is 1. The van der Waals surface area contributed by atoms with Gasteiger partial charge in [0.05, 0.1) is 16.9 Å². The van der Waals surface area contributed by atoms with E-state index in [1.165, 1.54) is 6.08 Å². The van der Waals surface area contributed by atoms with Crippen molar-refractivity contribution in [3.63, 3.8) is 0 Å². The second-order valence-electron chi connectivity index (χ2n) is 11.8. The maximum absolute atomic E-state index is 15.4. The predicted octanol–water partition coefficient (Wildman–Crippen LogP) is 4.43. The molecular weight excluding hydrogens is 552 g/mol. The number of nitrogens with zero attached hydrogens (tertiary/aromatic N) is 5. The van der Waals surface area contributed by atoms with Gasteiger partial charge in [0.1, 0.15) is 18.2 Å². The van der Waals surface area contributed by atoms with Gasteiger partial charge in [-0.25, -0.2) is 4.39 Å². The Morgan fingerprint density at radius 1 is 1.19 bits per heavy atom. The molecule has 12 heteroatoms. The van der Waals surface area contributed by atoms with Crippen molar-refractivity contribution in [2.75, 3.05) is 50.5 Å². The number of alkyl halides is 3. The molecule has 2 N–H and O–H groups in total. The second kappa shape index (κ2) is 11.7. The summed E-state index contributed by atoms with van der Waals surface area (Å²) in [6, 6.07) is 2.10. The number of fused-ring (bicyclic) bond motifs is 1. The zero-order chi connectivity index (χ0) is 30.3. The number of carbonyl (C=O) groups excluding carboxylic acids is 1. The lowest BCUT2D eigenvalue weighted by Gasteiger charge is -2.42. The van der Waals surface area contributed by atoms with Crippen molar-refractivity contribution in [3.05, 3.63) is 53.0 Å². The van der Waals surface area contributed by atoms with E-state index in [9.17, 15) is 18.0 Å². The van der Waals surface area contributed by atoms with Gasteiger partial charge in [-0.15, -0.1) is 0 Å². The first-order valence-electron chi connectivity index (χ1n) is 14.4. The zero-order valence-corrected chi connectivity index (χ0v) is 24.3. The minimum Gasteiger partial charge on any atom is -0.462 e. The third kappa shape index (κ3) is 5.77. The summed E-state index contributed by atoms with van der Waals surface area (Å²) in [7, 11) is 2.04. The summed E-state index contributed by atoms with van der Waals surface area (Å²) in [5, 5.41) is 0. The number of likely N-dealkylation sites (tertiary alicyclic amines) is 1. The number of ether oxygens (including phenoxy) is 1. The van der Waals surface area contributed by atoms with Crippen molar-refractivity contribution in [1.82, 2.24) is 19.8 Å². The van der Waals surface area contributed by atoms with E-state index in [0.717, 1.165) is 37.1 Å². The molecule has 2 unspecified atom stereocenters. The van der Waals surface area contributed by atoms with Gasteiger partial charge in [0, 0.05) is 42.8 Å². The van der Waals surface area contributed by atoms with Crippen LogP contribution in [0.3, 0.4) is 0 Å². The molecule has 2 fully saturated rings. The number of halogens is 4. The highest BCUT2D eigenvalue weighted by molar-refractivity contribution is 5.87. The number of nitrogens with two attached hydrogens (primary N) is 1. The van der Waals surface area contributed by atoms with E-state index in [1.54, 1.807) is 4.90 Å². The van der Waals surface area contributed by atoms with Crippen LogP contribution in [0.15, 0.2) is 24.8 Å². The highest BCUT2D eigenvalue weighted by atomic mass is 19.4. The monoisotopic (exact) mass is 590 g/mol. The number of likely N-dealkylation sites (N-methyl/N-ethyl adjacent to an activating group) is 1. The van der Waals surface area contributed by atoms with Crippen LogP contribution in [0.2, 0.25) is 0 Å². The SMILES string of the molecule is C=CC(=O)N1CCN(c2nc(OCC3CCCN3C)nc3c2C[C@@H](C)[C@H](c2c(C(F)(F)F)ccc(N)c2F)C3)C(C)C1. The smallest absolute Gasteiger partial charge is 0.416 e. The summed E-state index contributed by atoms with van der Waals surface area (Å²) in [6.07, 6.45) is -0.949. The highest BCUT2D eigenvalue weighted by Gasteiger charge is 2.42. The lowest BCUT2D eigenvalue weighted by atomic mass is 9.73. The van der Waals surface area contributed by atoms with Crippen molar-refractivity contribution in [2.45, 2.75) is 63.7 Å². The summed E-state index contributed by atoms with van der Waals surface area (Å²) < 4.78 is 63.6. The maximum atomic E-state index is 15.4. The number of nitrogen functional groups attached to an aromatic ring is 1. The van der Waals surface area contributed by atoms with Crippen LogP contribution >= 0.6 is 0 Å². The minimum atomic E-state index is -4.74. The first-order chi connectivity index (χ1) is 19.9. The molecule has 2 saturated heterocycles. The fourth-order valence-corrected chi connectivity index (χ4v) is 6.62. The standard InChI is InChI=1S/C30H38F4N6O2/c1-5-25(41)39-11-12-40(18(3)15-39)28-21-13-17(2)20(26-22(30(32,33)34)8-9-23(35)27(26)31)14-24(21)36-29(37-28)42-16-19-7-6-10-38(19)4/h5,8-9,17-20H,1,6-7,10-16,35H2,2-4H3/t17-,18?,19?,20-/m1/s1. The Bertz CT molecular complexity index is 1350. The summed E-state index contributed by atoms with van der Waals surface area (Å²) in [5.41, 5.74) is 5.38. The van der Waals surface area contributed by atoms with Gasteiger partial charge in [0.25, 0.3) is 0 Å². The number of anilines is 2. The fraction of sp³-hybridized carbons (Fsp3) is 0.567. The third-order valence-corrected chi connectivity index (χ3v) is 9.02. The number of amides is 1. The van der Waals surface area contributed by atoms with Crippen LogP contribution in [-0.2, 0) is 23.8 Å². The van der Waals surface area contributed by atoms with Crippen LogP contribution in [0.25, 0.3) is 0 Å². The lowest BCUT2D eigenvalue weighted by molar-refractivity contribution is -0.138. The zero-order valence-electron chi connectivity index (χ0n) is 24.3. The van der Waals surface area contributed by atoms with Crippen LogP contribution in [0.4, 0.5) is 29.1 Å². The van der Waals surface area contributed by atoms with E-state index in [1.807, 2.05) is 20.9 Å². The van der Waals surface area contributed by atoms with Crippen molar-refractivity contribution in [1.29, 1.82) is 0 Å². The summed E-state index contributed by atoms with van der Waals surface area (Å²) >= 11 is 0. The molecule has 3 aliphatic rings. The molecule has 0 spiro atoms. The van der Waals surface area contributed by atoms with Gasteiger partial charge in [-0.05, 0) is 76.2 Å². The first kappa shape index (κ1) is 30.1. The number of benzene rings is 1. The minimum absolute atomic E-state index is 0.0818. The Hall–Kier alpha value is -3.41. The molecule has 228 valence electrons. The van der Waals surface area contributed by atoms with Crippen molar-refractivity contribution in [3.8, 4) is 6.01 Å². The van der Waals surface area contributed by atoms with Gasteiger partial charge in [-0.2, -0.15) is 23.1 Å². The molecule has 1 aromatic heterocycles. The van der Waals surface area contributed by atoms with Crippen molar-refractivity contribution in [2.24, 2.45) is 5.92 Å². The first-order valence-corrected chi connectivity index (χ1v) is 14.4. The number of aromatic nitrogens is 2. The highest BCUT2D eigenvalue weighted by Crippen LogP contribution is 2.46. The van der Waals surface area contributed by atoms with Crippen LogP contribution in [0.5, 0.6) is 6.01 Å². The molecular formula is C30H38F4N6O2. The van der Waals surface area contributed by atoms with E-state index in [4.69, 9.17) is 20.4 Å². The Morgan fingerprint density at radius 3 is 2.60 bits per heavy atom. The number of hydrogen-bond donors (Lipinski definition) is 1. The molecule has 2 aliphatic heterocycles. The van der Waals surface area contributed by atoms with Gasteiger partial charge in [-0.3, -0.25) is 4.79 Å². The predicted molar refractivity (Wildman–Crippen MR) is 152 cm³/mol. The van der Waals surface area contributed by atoms with Crippen molar-refractivity contribution >= 4 is 17.4 Å². The number of rotatable bonds is 6. The van der Waals surface area contributed by atoms with Gasteiger partial charge >= 0.3 is 12.2 Å². The lowest BCUT2D eigenvalue weighted by Crippen LogP contribution is -2.54. The summed E-state index contributed by atoms with van der Waals surface area (Å²) in [6.45, 7) is 10.2. The molecule has 4 atom stereocenters. The van der Waals surface area contributed by atoms with Crippen LogP contribution in [0, 0.1) is 11.7 Å². The quantitative estimate of drug-likeness (QED) is 0.303. The molecule has 42 heavy (non-hydrogen) atoms. The van der Waals surface area contributed by atoms with E-state index in [2.05, 4.69) is 16.4 Å². The number of piperazine rings is 1. The van der Waals surface area contributed by atoms with E-state index in [0.29, 0.717) is 44.2 Å². The Kier molecular flexibility index (Phi) is 8.37. The molecule has 1 aliphatic carbocycles. The summed E-state index contributed by atoms with van der Waals surface area (Å²) in [5.74, 6) is -1.67. The van der Waals surface area contributed by atoms with Crippen LogP contribution in [-0.4, -0.2) is 77.6 Å².